The van der Waals surface area contributed by atoms with Gasteiger partial charge in [-0.05, 0) is 37.5 Å². The highest BCUT2D eigenvalue weighted by Gasteiger charge is 2.50. The van der Waals surface area contributed by atoms with Gasteiger partial charge in [-0.3, -0.25) is 4.79 Å². The molecule has 4 rings (SSSR count). The van der Waals surface area contributed by atoms with Gasteiger partial charge in [0.05, 0.1) is 5.56 Å². The molecule has 2 heterocycles. The van der Waals surface area contributed by atoms with Crippen LogP contribution in [0.15, 0.2) is 54.6 Å². The molecule has 3 heteroatoms. The molecule has 22 heavy (non-hydrogen) atoms. The van der Waals surface area contributed by atoms with Crippen LogP contribution < -0.4 is 5.32 Å². The topological polar surface area (TPSA) is 32.3 Å². The minimum atomic E-state index is -0.290. The minimum Gasteiger partial charge on any atom is -0.362 e. The summed E-state index contributed by atoms with van der Waals surface area (Å²) in [4.78, 5) is 14.8. The van der Waals surface area contributed by atoms with Crippen LogP contribution in [0.4, 0.5) is 5.69 Å². The van der Waals surface area contributed by atoms with Crippen molar-refractivity contribution in [3.63, 3.8) is 0 Å². The first-order chi connectivity index (χ1) is 10.7. The zero-order valence-electron chi connectivity index (χ0n) is 12.8. The Labute approximate surface area is 131 Å². The number of hydrogen-bond acceptors (Lipinski definition) is 2. The predicted molar refractivity (Wildman–Crippen MR) is 87.8 cm³/mol. The molecule has 0 unspecified atom stereocenters. The lowest BCUT2D eigenvalue weighted by Crippen LogP contribution is -2.57. The number of amides is 1. The number of hydrogen-bond donors (Lipinski definition) is 1. The molecular formula is C19H20N2O. The Morgan fingerprint density at radius 1 is 1.14 bits per heavy atom. The van der Waals surface area contributed by atoms with Crippen LogP contribution in [0.5, 0.6) is 0 Å². The van der Waals surface area contributed by atoms with Crippen molar-refractivity contribution in [2.75, 3.05) is 11.9 Å². The van der Waals surface area contributed by atoms with Crippen molar-refractivity contribution in [3.8, 4) is 0 Å². The van der Waals surface area contributed by atoms with Crippen molar-refractivity contribution in [2.45, 2.75) is 25.4 Å². The molecule has 1 amide bonds. The molecule has 112 valence electrons. The summed E-state index contributed by atoms with van der Waals surface area (Å²) in [6.07, 6.45) is 2.04. The van der Waals surface area contributed by atoms with E-state index in [2.05, 4.69) is 36.5 Å². The Bertz CT molecular complexity index is 712. The van der Waals surface area contributed by atoms with Crippen molar-refractivity contribution < 1.29 is 4.79 Å². The molecular weight excluding hydrogens is 272 g/mol. The van der Waals surface area contributed by atoms with Crippen molar-refractivity contribution in [1.82, 2.24) is 4.90 Å². The first-order valence-electron chi connectivity index (χ1n) is 7.91. The molecule has 0 radical (unpaired) electrons. The van der Waals surface area contributed by atoms with Crippen molar-refractivity contribution in [2.24, 2.45) is 5.92 Å². The third-order valence-corrected chi connectivity index (χ3v) is 5.17. The molecule has 3 nitrogen and oxygen atoms in total. The molecule has 0 aliphatic carbocycles. The fraction of sp³-hybridized carbons (Fsp3) is 0.316. The SMILES string of the molecule is C[C@@]12Nc3ccccc3C(=O)N1CC[C@@H]2Cc1ccccc1. The minimum absolute atomic E-state index is 0.160. The van der Waals surface area contributed by atoms with E-state index in [1.54, 1.807) is 0 Å². The average Bonchev–Trinajstić information content (AvgIpc) is 2.85. The number of carbonyl (C=O) groups excluding carboxylic acids is 1. The number of para-hydroxylation sites is 1. The summed E-state index contributed by atoms with van der Waals surface area (Å²) in [7, 11) is 0. The highest BCUT2D eigenvalue weighted by molar-refractivity contribution is 6.02. The summed E-state index contributed by atoms with van der Waals surface area (Å²) in [5.41, 5.74) is 2.80. The van der Waals surface area contributed by atoms with Gasteiger partial charge in [0.1, 0.15) is 5.66 Å². The van der Waals surface area contributed by atoms with Gasteiger partial charge in [0.15, 0.2) is 0 Å². The number of anilines is 1. The predicted octanol–water partition coefficient (Wildman–Crippen LogP) is 3.53. The summed E-state index contributed by atoms with van der Waals surface area (Å²) in [5.74, 6) is 0.583. The quantitative estimate of drug-likeness (QED) is 0.918. The fourth-order valence-electron chi connectivity index (χ4n) is 3.90. The van der Waals surface area contributed by atoms with E-state index in [0.717, 1.165) is 30.6 Å². The highest BCUT2D eigenvalue weighted by Crippen LogP contribution is 2.42. The molecule has 0 bridgehead atoms. The van der Waals surface area contributed by atoms with Crippen molar-refractivity contribution in [3.05, 3.63) is 65.7 Å². The standard InChI is InChI=1S/C19H20N2O/c1-19-15(13-14-7-3-2-4-8-14)11-12-21(19)18(22)16-9-5-6-10-17(16)20-19/h2-10,15,20H,11-13H2,1H3/t15-,19-/m1/s1. The largest absolute Gasteiger partial charge is 0.362 e. The summed E-state index contributed by atoms with van der Waals surface area (Å²) in [6.45, 7) is 3.00. The van der Waals surface area contributed by atoms with Gasteiger partial charge in [-0.25, -0.2) is 0 Å². The second-order valence-electron chi connectivity index (χ2n) is 6.45. The van der Waals surface area contributed by atoms with E-state index in [4.69, 9.17) is 0 Å². The van der Waals surface area contributed by atoms with Crippen LogP contribution in [0, 0.1) is 5.92 Å². The van der Waals surface area contributed by atoms with Crippen LogP contribution in [-0.4, -0.2) is 23.0 Å². The first-order valence-corrected chi connectivity index (χ1v) is 7.91. The Hall–Kier alpha value is -2.29. The van der Waals surface area contributed by atoms with Gasteiger partial charge in [0.2, 0.25) is 0 Å². The summed E-state index contributed by atoms with van der Waals surface area (Å²) in [5, 5.41) is 3.64. The number of nitrogens with zero attached hydrogens (tertiary/aromatic N) is 1. The van der Waals surface area contributed by atoms with Gasteiger partial charge in [-0.2, -0.15) is 0 Å². The van der Waals surface area contributed by atoms with Gasteiger partial charge in [0, 0.05) is 18.2 Å². The molecule has 0 saturated carbocycles. The number of nitrogens with one attached hydrogen (secondary N) is 1. The lowest BCUT2D eigenvalue weighted by molar-refractivity contribution is 0.0596. The molecule has 0 spiro atoms. The lowest BCUT2D eigenvalue weighted by Gasteiger charge is -2.45. The van der Waals surface area contributed by atoms with Crippen molar-refractivity contribution in [1.29, 1.82) is 0 Å². The van der Waals surface area contributed by atoms with E-state index in [-0.39, 0.29) is 11.6 Å². The molecule has 1 N–H and O–H groups in total. The van der Waals surface area contributed by atoms with Gasteiger partial charge < -0.3 is 10.2 Å². The second kappa shape index (κ2) is 4.87. The lowest BCUT2D eigenvalue weighted by atomic mass is 9.86. The second-order valence-corrected chi connectivity index (χ2v) is 6.45. The Balaban J connectivity index is 1.68. The number of benzene rings is 2. The van der Waals surface area contributed by atoms with E-state index >= 15 is 0 Å². The van der Waals surface area contributed by atoms with Gasteiger partial charge in [0.25, 0.3) is 5.91 Å². The van der Waals surface area contributed by atoms with Crippen LogP contribution >= 0.6 is 0 Å². The fourth-order valence-corrected chi connectivity index (χ4v) is 3.90. The van der Waals surface area contributed by atoms with Crippen LogP contribution in [-0.2, 0) is 6.42 Å². The molecule has 2 aromatic rings. The first kappa shape index (κ1) is 13.4. The van der Waals surface area contributed by atoms with E-state index in [1.165, 1.54) is 5.56 Å². The van der Waals surface area contributed by atoms with Crippen molar-refractivity contribution >= 4 is 11.6 Å². The Kier molecular flexibility index (Phi) is 2.96. The molecule has 1 saturated heterocycles. The molecule has 2 aliphatic rings. The van der Waals surface area contributed by atoms with Gasteiger partial charge in [-0.15, -0.1) is 0 Å². The van der Waals surface area contributed by atoms with Crippen LogP contribution in [0.2, 0.25) is 0 Å². The molecule has 2 aromatic carbocycles. The van der Waals surface area contributed by atoms with Crippen LogP contribution in [0.25, 0.3) is 0 Å². The summed E-state index contributed by atoms with van der Waals surface area (Å²) >= 11 is 0. The van der Waals surface area contributed by atoms with Crippen LogP contribution in [0.1, 0.15) is 29.3 Å². The third-order valence-electron chi connectivity index (χ3n) is 5.17. The Morgan fingerprint density at radius 3 is 2.68 bits per heavy atom. The average molecular weight is 292 g/mol. The maximum Gasteiger partial charge on any atom is 0.257 e. The van der Waals surface area contributed by atoms with E-state index in [0.29, 0.717) is 5.92 Å². The smallest absolute Gasteiger partial charge is 0.257 e. The van der Waals surface area contributed by atoms with Gasteiger partial charge in [-0.1, -0.05) is 42.5 Å². The number of carbonyl (C=O) groups is 1. The van der Waals surface area contributed by atoms with E-state index < -0.39 is 0 Å². The van der Waals surface area contributed by atoms with E-state index in [1.807, 2.05) is 35.2 Å². The van der Waals surface area contributed by atoms with E-state index in [9.17, 15) is 4.79 Å². The third kappa shape index (κ3) is 1.92. The number of fused-ring (bicyclic) bond motifs is 2. The monoisotopic (exact) mass is 292 g/mol. The zero-order valence-corrected chi connectivity index (χ0v) is 12.8. The van der Waals surface area contributed by atoms with Gasteiger partial charge >= 0.3 is 0 Å². The normalized spacial score (nSPS) is 26.3. The Morgan fingerprint density at radius 2 is 1.86 bits per heavy atom. The number of rotatable bonds is 2. The maximum atomic E-state index is 12.8. The van der Waals surface area contributed by atoms with Crippen LogP contribution in [0.3, 0.4) is 0 Å². The summed E-state index contributed by atoms with van der Waals surface area (Å²) in [6, 6.07) is 18.4. The molecule has 2 atom stereocenters. The molecule has 2 aliphatic heterocycles. The zero-order chi connectivity index (χ0) is 15.2. The maximum absolute atomic E-state index is 12.8. The highest BCUT2D eigenvalue weighted by atomic mass is 16.2. The summed E-state index contributed by atoms with van der Waals surface area (Å²) < 4.78 is 0. The molecule has 0 aromatic heterocycles. The molecule has 1 fully saturated rings.